The van der Waals surface area contributed by atoms with Crippen LogP contribution in [0.1, 0.15) is 0 Å². The van der Waals surface area contributed by atoms with E-state index in [0.29, 0.717) is 0 Å². The molecule has 0 saturated carbocycles. The molecule has 0 radical (unpaired) electrons. The Morgan fingerprint density at radius 3 is 2.40 bits per heavy atom. The minimum absolute atomic E-state index is 0.000877. The van der Waals surface area contributed by atoms with Gasteiger partial charge in [0.25, 0.3) is 10.0 Å². The van der Waals surface area contributed by atoms with Crippen LogP contribution in [0.15, 0.2) is 28.0 Å². The lowest BCUT2D eigenvalue weighted by Crippen LogP contribution is -2.26. The molecule has 0 aliphatic heterocycles. The van der Waals surface area contributed by atoms with E-state index in [0.717, 1.165) is 12.3 Å². The monoisotopic (exact) mass is 343 g/mol. The van der Waals surface area contributed by atoms with Gasteiger partial charge in [-0.25, -0.2) is 16.8 Å². The number of benzene rings is 1. The molecule has 0 unspecified atom stereocenters. The second-order valence-electron chi connectivity index (χ2n) is 3.79. The number of hydrogen-bond donors (Lipinski definition) is 1. The number of sulfonamides is 1. The van der Waals surface area contributed by atoms with Gasteiger partial charge in [0.1, 0.15) is 4.90 Å². The van der Waals surface area contributed by atoms with Crippen molar-refractivity contribution in [3.8, 4) is 0 Å². The van der Waals surface area contributed by atoms with Gasteiger partial charge in [0.05, 0.1) is 23.1 Å². The average Bonchev–Trinajstić information content (AvgIpc) is 2.33. The Morgan fingerprint density at radius 2 is 1.85 bits per heavy atom. The summed E-state index contributed by atoms with van der Waals surface area (Å²) in [6.07, 6.45) is 0.967. The molecule has 1 rings (SSSR count). The smallest absolute Gasteiger partial charge is 0.263 e. The predicted octanol–water partition coefficient (Wildman–Crippen LogP) is 0.600. The SMILES string of the molecule is COCCONS(=O)(=O)c1cc(S(C)(=O)=O)ccc1Cl. The number of methoxy groups -OCH3 is 1. The molecule has 0 bridgehead atoms. The highest BCUT2D eigenvalue weighted by Crippen LogP contribution is 2.24. The third kappa shape index (κ3) is 4.69. The van der Waals surface area contributed by atoms with Gasteiger partial charge in [-0.05, 0) is 18.2 Å². The number of sulfone groups is 1. The first kappa shape index (κ1) is 17.3. The standard InChI is InChI=1S/C10H14ClNO6S2/c1-17-5-6-18-12-20(15,16)10-7-8(19(2,13)14)3-4-9(10)11/h3-4,7,12H,5-6H2,1-2H3. The van der Waals surface area contributed by atoms with Crippen LogP contribution in [0.4, 0.5) is 0 Å². The molecule has 10 heteroatoms. The highest BCUT2D eigenvalue weighted by Gasteiger charge is 2.21. The first-order chi connectivity index (χ1) is 9.18. The summed E-state index contributed by atoms with van der Waals surface area (Å²) >= 11 is 5.78. The molecule has 1 aromatic rings. The molecule has 0 fully saturated rings. The molecule has 1 aromatic carbocycles. The third-order valence-corrected chi connectivity index (χ3v) is 4.98. The van der Waals surface area contributed by atoms with E-state index in [-0.39, 0.29) is 28.0 Å². The van der Waals surface area contributed by atoms with Gasteiger partial charge < -0.3 is 4.74 Å². The van der Waals surface area contributed by atoms with E-state index in [1.165, 1.54) is 19.2 Å². The molecule has 0 amide bonds. The first-order valence-electron chi connectivity index (χ1n) is 5.30. The summed E-state index contributed by atoms with van der Waals surface area (Å²) in [5.41, 5.74) is 0. The lowest BCUT2D eigenvalue weighted by molar-refractivity contribution is 0.0438. The van der Waals surface area contributed by atoms with E-state index < -0.39 is 19.9 Å². The Hall–Kier alpha value is -0.710. The Labute approximate surface area is 122 Å². The summed E-state index contributed by atoms with van der Waals surface area (Å²) in [7, 11) is -6.19. The van der Waals surface area contributed by atoms with E-state index in [4.69, 9.17) is 16.4 Å². The van der Waals surface area contributed by atoms with Crippen LogP contribution < -0.4 is 4.89 Å². The fraction of sp³-hybridized carbons (Fsp3) is 0.400. The minimum Gasteiger partial charge on any atom is -0.382 e. The summed E-state index contributed by atoms with van der Waals surface area (Å²) in [5, 5.41) is -0.111. The van der Waals surface area contributed by atoms with Crippen molar-refractivity contribution in [1.29, 1.82) is 0 Å². The van der Waals surface area contributed by atoms with Crippen molar-refractivity contribution in [2.45, 2.75) is 9.79 Å². The van der Waals surface area contributed by atoms with Gasteiger partial charge >= 0.3 is 0 Å². The topological polar surface area (TPSA) is 98.8 Å². The van der Waals surface area contributed by atoms with Gasteiger partial charge in [-0.15, -0.1) is 0 Å². The van der Waals surface area contributed by atoms with E-state index in [2.05, 4.69) is 4.74 Å². The second-order valence-corrected chi connectivity index (χ2v) is 7.83. The molecule has 0 saturated heterocycles. The van der Waals surface area contributed by atoms with E-state index in [1.807, 2.05) is 4.89 Å². The summed E-state index contributed by atoms with van der Waals surface area (Å²) in [5.74, 6) is 0. The van der Waals surface area contributed by atoms with Crippen LogP contribution in [0.5, 0.6) is 0 Å². The Kier molecular flexibility index (Phi) is 5.92. The maximum atomic E-state index is 11.9. The zero-order valence-electron chi connectivity index (χ0n) is 10.8. The maximum absolute atomic E-state index is 11.9. The van der Waals surface area contributed by atoms with Crippen molar-refractivity contribution in [2.24, 2.45) is 0 Å². The number of halogens is 1. The molecular formula is C10H14ClNO6S2. The molecular weight excluding hydrogens is 330 g/mol. The molecule has 0 aliphatic rings. The Bertz CT molecular complexity index is 671. The fourth-order valence-electron chi connectivity index (χ4n) is 1.21. The van der Waals surface area contributed by atoms with E-state index >= 15 is 0 Å². The molecule has 0 aromatic heterocycles. The molecule has 0 spiro atoms. The van der Waals surface area contributed by atoms with Crippen molar-refractivity contribution >= 4 is 31.5 Å². The van der Waals surface area contributed by atoms with Gasteiger partial charge in [0, 0.05) is 13.4 Å². The summed E-state index contributed by atoms with van der Waals surface area (Å²) in [4.78, 5) is 6.02. The van der Waals surface area contributed by atoms with Crippen LogP contribution in [-0.2, 0) is 29.4 Å². The lowest BCUT2D eigenvalue weighted by Gasteiger charge is -2.09. The van der Waals surface area contributed by atoms with Crippen LogP contribution in [-0.4, -0.2) is 43.4 Å². The third-order valence-electron chi connectivity index (χ3n) is 2.18. The van der Waals surface area contributed by atoms with Crippen molar-refractivity contribution in [3.63, 3.8) is 0 Å². The van der Waals surface area contributed by atoms with Gasteiger partial charge in [0.2, 0.25) is 0 Å². The molecule has 7 nitrogen and oxygen atoms in total. The molecule has 1 N–H and O–H groups in total. The van der Waals surface area contributed by atoms with Crippen LogP contribution in [0.25, 0.3) is 0 Å². The van der Waals surface area contributed by atoms with Crippen molar-refractivity contribution in [2.75, 3.05) is 26.6 Å². The number of nitrogens with one attached hydrogen (secondary N) is 1. The zero-order valence-corrected chi connectivity index (χ0v) is 13.2. The summed E-state index contributed by atoms with van der Waals surface area (Å²) < 4.78 is 51.4. The van der Waals surface area contributed by atoms with E-state index in [1.54, 1.807) is 0 Å². The van der Waals surface area contributed by atoms with Gasteiger partial charge in [-0.2, -0.15) is 0 Å². The molecule has 0 aliphatic carbocycles. The van der Waals surface area contributed by atoms with Crippen LogP contribution in [0, 0.1) is 0 Å². The minimum atomic E-state index is -4.08. The molecule has 0 heterocycles. The number of rotatable bonds is 7. The fourth-order valence-corrected chi connectivity index (χ4v) is 3.29. The molecule has 114 valence electrons. The van der Waals surface area contributed by atoms with Crippen molar-refractivity contribution in [3.05, 3.63) is 23.2 Å². The normalized spacial score (nSPS) is 12.6. The van der Waals surface area contributed by atoms with E-state index in [9.17, 15) is 16.8 Å². The van der Waals surface area contributed by atoms with Crippen LogP contribution in [0.2, 0.25) is 5.02 Å². The number of ether oxygens (including phenoxy) is 1. The first-order valence-corrected chi connectivity index (χ1v) is 9.06. The van der Waals surface area contributed by atoms with Crippen LogP contribution in [0.3, 0.4) is 0 Å². The quantitative estimate of drug-likeness (QED) is 0.575. The molecule has 20 heavy (non-hydrogen) atoms. The second kappa shape index (κ2) is 6.83. The maximum Gasteiger partial charge on any atom is 0.263 e. The summed E-state index contributed by atoms with van der Waals surface area (Å²) in [6.45, 7) is 0.193. The molecule has 0 atom stereocenters. The van der Waals surface area contributed by atoms with Gasteiger partial charge in [-0.3, -0.25) is 4.84 Å². The lowest BCUT2D eigenvalue weighted by atomic mass is 10.4. The van der Waals surface area contributed by atoms with Crippen LogP contribution >= 0.6 is 11.6 Å². The van der Waals surface area contributed by atoms with Crippen molar-refractivity contribution < 1.29 is 26.4 Å². The largest absolute Gasteiger partial charge is 0.382 e. The summed E-state index contributed by atoms with van der Waals surface area (Å²) in [6, 6.07) is 3.39. The van der Waals surface area contributed by atoms with Crippen molar-refractivity contribution in [1.82, 2.24) is 4.89 Å². The highest BCUT2D eigenvalue weighted by molar-refractivity contribution is 7.91. The van der Waals surface area contributed by atoms with Gasteiger partial charge in [0.15, 0.2) is 9.84 Å². The Balaban J connectivity index is 3.05. The number of hydrogen-bond acceptors (Lipinski definition) is 6. The van der Waals surface area contributed by atoms with Gasteiger partial charge in [-0.1, -0.05) is 16.5 Å². The Morgan fingerprint density at radius 1 is 1.20 bits per heavy atom. The average molecular weight is 344 g/mol. The zero-order chi connectivity index (χ0) is 15.4. The highest BCUT2D eigenvalue weighted by atomic mass is 35.5. The predicted molar refractivity (Wildman–Crippen MR) is 72.7 cm³/mol.